The summed E-state index contributed by atoms with van der Waals surface area (Å²) in [5.41, 5.74) is 2.04. The van der Waals surface area contributed by atoms with Gasteiger partial charge >= 0.3 is 0 Å². The second kappa shape index (κ2) is 7.56. The highest BCUT2D eigenvalue weighted by Crippen LogP contribution is 2.16. The fourth-order valence-corrected chi connectivity index (χ4v) is 2.01. The van der Waals surface area contributed by atoms with Crippen LogP contribution in [-0.2, 0) is 4.74 Å². The Balaban J connectivity index is 2.05. The summed E-state index contributed by atoms with van der Waals surface area (Å²) in [4.78, 5) is 12.1. The molecule has 0 aliphatic rings. The maximum absolute atomic E-state index is 12.1. The molecule has 6 nitrogen and oxygen atoms in total. The lowest BCUT2D eigenvalue weighted by molar-refractivity contribution is 0.0874. The molecule has 0 aliphatic carbocycles. The molecule has 0 spiro atoms. The number of benzene rings is 1. The number of amides is 1. The number of aromatic nitrogens is 2. The molecule has 6 heteroatoms. The third-order valence-electron chi connectivity index (χ3n) is 3.07. The number of nitrogens with one attached hydrogen (secondary N) is 2. The number of methoxy groups -OCH3 is 1. The summed E-state index contributed by atoms with van der Waals surface area (Å²) in [6, 6.07) is 11.1. The number of carbonyl (C=O) groups excluding carboxylic acids is 1. The van der Waals surface area contributed by atoms with Crippen LogP contribution in [0.3, 0.4) is 0 Å². The normalized spacial score (nSPS) is 12.1. The highest BCUT2D eigenvalue weighted by molar-refractivity contribution is 5.93. The van der Waals surface area contributed by atoms with E-state index in [1.165, 1.54) is 0 Å². The van der Waals surface area contributed by atoms with Crippen molar-refractivity contribution in [2.45, 2.75) is 12.5 Å². The summed E-state index contributed by atoms with van der Waals surface area (Å²) < 4.78 is 5.02. The molecular weight excluding hydrogens is 270 g/mol. The Morgan fingerprint density at radius 1 is 1.43 bits per heavy atom. The number of hydrogen-bond acceptors (Lipinski definition) is 4. The Morgan fingerprint density at radius 3 is 2.86 bits per heavy atom. The van der Waals surface area contributed by atoms with Gasteiger partial charge in [-0.25, -0.2) is 0 Å². The zero-order chi connectivity index (χ0) is 15.1. The quantitative estimate of drug-likeness (QED) is 0.715. The molecule has 1 aromatic carbocycles. The molecule has 2 aromatic rings. The van der Waals surface area contributed by atoms with Crippen molar-refractivity contribution < 1.29 is 14.6 Å². The number of aromatic amines is 1. The van der Waals surface area contributed by atoms with E-state index in [1.54, 1.807) is 13.2 Å². The fraction of sp³-hybridized carbons (Fsp3) is 0.333. The SMILES string of the molecule is COCC(CCO)NC(=O)c1cc(-c2ccccc2)n[nH]1. The molecular formula is C15H19N3O3. The number of nitrogens with zero attached hydrogens (tertiary/aromatic N) is 1. The lowest BCUT2D eigenvalue weighted by atomic mass is 10.1. The average Bonchev–Trinajstić information content (AvgIpc) is 2.98. The third kappa shape index (κ3) is 4.14. The van der Waals surface area contributed by atoms with Crippen molar-refractivity contribution in [3.05, 3.63) is 42.1 Å². The van der Waals surface area contributed by atoms with Gasteiger partial charge in [0.25, 0.3) is 5.91 Å². The standard InChI is InChI=1S/C15H19N3O3/c1-21-10-12(7-8-19)16-15(20)14-9-13(17-18-14)11-5-3-2-4-6-11/h2-6,9,12,19H,7-8,10H2,1H3,(H,16,20)(H,17,18). The van der Waals surface area contributed by atoms with Gasteiger partial charge in [0.2, 0.25) is 0 Å². The summed E-state index contributed by atoms with van der Waals surface area (Å²) >= 11 is 0. The molecule has 1 unspecified atom stereocenters. The van der Waals surface area contributed by atoms with E-state index < -0.39 is 0 Å². The van der Waals surface area contributed by atoms with E-state index in [9.17, 15) is 4.79 Å². The van der Waals surface area contributed by atoms with Crippen molar-refractivity contribution in [3.63, 3.8) is 0 Å². The Kier molecular flexibility index (Phi) is 5.48. The van der Waals surface area contributed by atoms with Gasteiger partial charge in [-0.2, -0.15) is 5.10 Å². The van der Waals surface area contributed by atoms with Crippen molar-refractivity contribution >= 4 is 5.91 Å². The lowest BCUT2D eigenvalue weighted by Crippen LogP contribution is -2.38. The first-order valence-corrected chi connectivity index (χ1v) is 6.76. The van der Waals surface area contributed by atoms with E-state index >= 15 is 0 Å². The monoisotopic (exact) mass is 289 g/mol. The number of ether oxygens (including phenoxy) is 1. The first-order valence-electron chi connectivity index (χ1n) is 6.76. The van der Waals surface area contributed by atoms with Gasteiger partial charge in [-0.15, -0.1) is 0 Å². The summed E-state index contributed by atoms with van der Waals surface area (Å²) in [7, 11) is 1.56. The molecule has 1 amide bonds. The van der Waals surface area contributed by atoms with Gasteiger partial charge in [0, 0.05) is 19.3 Å². The number of rotatable bonds is 7. The molecule has 112 valence electrons. The topological polar surface area (TPSA) is 87.2 Å². The molecule has 3 N–H and O–H groups in total. The Labute approximate surface area is 123 Å². The molecule has 1 atom stereocenters. The molecule has 1 heterocycles. The van der Waals surface area contributed by atoms with E-state index in [1.807, 2.05) is 30.3 Å². The van der Waals surface area contributed by atoms with Gasteiger partial charge in [0.1, 0.15) is 5.69 Å². The number of carbonyl (C=O) groups is 1. The van der Waals surface area contributed by atoms with Crippen molar-refractivity contribution in [3.8, 4) is 11.3 Å². The smallest absolute Gasteiger partial charge is 0.269 e. The van der Waals surface area contributed by atoms with E-state index in [0.717, 1.165) is 5.56 Å². The number of H-pyrrole nitrogens is 1. The molecule has 0 saturated heterocycles. The van der Waals surface area contributed by atoms with Crippen LogP contribution < -0.4 is 5.32 Å². The molecule has 0 saturated carbocycles. The minimum Gasteiger partial charge on any atom is -0.396 e. The van der Waals surface area contributed by atoms with E-state index in [0.29, 0.717) is 24.4 Å². The second-order valence-corrected chi connectivity index (χ2v) is 4.67. The summed E-state index contributed by atoms with van der Waals surface area (Å²) in [6.07, 6.45) is 0.444. The predicted octanol–water partition coefficient (Wildman–Crippen LogP) is 1.20. The highest BCUT2D eigenvalue weighted by atomic mass is 16.5. The average molecular weight is 289 g/mol. The maximum Gasteiger partial charge on any atom is 0.269 e. The first kappa shape index (κ1) is 15.2. The van der Waals surface area contributed by atoms with Gasteiger partial charge < -0.3 is 15.2 Å². The van der Waals surface area contributed by atoms with Gasteiger partial charge in [-0.05, 0) is 12.5 Å². The Hall–Kier alpha value is -2.18. The molecule has 0 fully saturated rings. The van der Waals surface area contributed by atoms with E-state index in [4.69, 9.17) is 9.84 Å². The number of hydrogen-bond donors (Lipinski definition) is 3. The van der Waals surface area contributed by atoms with Crippen LogP contribution in [0.25, 0.3) is 11.3 Å². The minimum atomic E-state index is -0.264. The first-order chi connectivity index (χ1) is 10.2. The molecule has 2 rings (SSSR count). The van der Waals surface area contributed by atoms with Crippen molar-refractivity contribution in [2.75, 3.05) is 20.3 Å². The van der Waals surface area contributed by atoms with Crippen LogP contribution in [0, 0.1) is 0 Å². The van der Waals surface area contributed by atoms with Crippen LogP contribution in [0.4, 0.5) is 0 Å². The van der Waals surface area contributed by atoms with Crippen molar-refractivity contribution in [1.82, 2.24) is 15.5 Å². The van der Waals surface area contributed by atoms with Crippen LogP contribution in [-0.4, -0.2) is 47.6 Å². The summed E-state index contributed by atoms with van der Waals surface area (Å²) in [5, 5.41) is 18.6. The second-order valence-electron chi connectivity index (χ2n) is 4.67. The Morgan fingerprint density at radius 2 is 2.19 bits per heavy atom. The molecule has 21 heavy (non-hydrogen) atoms. The minimum absolute atomic E-state index is 0.00739. The van der Waals surface area contributed by atoms with Gasteiger partial charge in [-0.1, -0.05) is 30.3 Å². The Bertz CT molecular complexity index is 563. The molecule has 0 radical (unpaired) electrons. The van der Waals surface area contributed by atoms with Crippen LogP contribution >= 0.6 is 0 Å². The predicted molar refractivity (Wildman–Crippen MR) is 78.9 cm³/mol. The van der Waals surface area contributed by atoms with Crippen LogP contribution in [0.1, 0.15) is 16.9 Å². The molecule has 0 aliphatic heterocycles. The summed E-state index contributed by atoms with van der Waals surface area (Å²) in [6.45, 7) is 0.346. The van der Waals surface area contributed by atoms with Gasteiger partial charge in [-0.3, -0.25) is 9.89 Å². The highest BCUT2D eigenvalue weighted by Gasteiger charge is 2.15. The van der Waals surface area contributed by atoms with Crippen molar-refractivity contribution in [1.29, 1.82) is 0 Å². The largest absolute Gasteiger partial charge is 0.396 e. The maximum atomic E-state index is 12.1. The van der Waals surface area contributed by atoms with E-state index in [2.05, 4.69) is 15.5 Å². The summed E-state index contributed by atoms with van der Waals surface area (Å²) in [5.74, 6) is -0.264. The van der Waals surface area contributed by atoms with Gasteiger partial charge in [0.15, 0.2) is 0 Å². The molecule has 1 aromatic heterocycles. The van der Waals surface area contributed by atoms with E-state index in [-0.39, 0.29) is 18.6 Å². The third-order valence-corrected chi connectivity index (χ3v) is 3.07. The zero-order valence-electron chi connectivity index (χ0n) is 11.9. The van der Waals surface area contributed by atoms with Crippen LogP contribution in [0.2, 0.25) is 0 Å². The number of aliphatic hydroxyl groups excluding tert-OH is 1. The molecule has 0 bridgehead atoms. The van der Waals surface area contributed by atoms with Crippen LogP contribution in [0.5, 0.6) is 0 Å². The lowest BCUT2D eigenvalue weighted by Gasteiger charge is -2.15. The van der Waals surface area contributed by atoms with Crippen LogP contribution in [0.15, 0.2) is 36.4 Å². The fourth-order valence-electron chi connectivity index (χ4n) is 2.01. The number of aliphatic hydroxyl groups is 1. The van der Waals surface area contributed by atoms with Crippen molar-refractivity contribution in [2.24, 2.45) is 0 Å². The van der Waals surface area contributed by atoms with Gasteiger partial charge in [0.05, 0.1) is 18.3 Å². The zero-order valence-corrected chi connectivity index (χ0v) is 11.9.